The summed E-state index contributed by atoms with van der Waals surface area (Å²) in [6, 6.07) is 8.80. The predicted molar refractivity (Wildman–Crippen MR) is 123 cm³/mol. The van der Waals surface area contributed by atoms with E-state index < -0.39 is 42.5 Å². The number of hydrogen-bond donors (Lipinski definition) is 1. The number of aryl methyl sites for hydroxylation is 1. The third kappa shape index (κ3) is 5.29. The van der Waals surface area contributed by atoms with Crippen molar-refractivity contribution in [3.8, 4) is 0 Å². The van der Waals surface area contributed by atoms with Gasteiger partial charge in [0, 0.05) is 18.6 Å². The SMILES string of the molecule is Cc1cc(S(=O)(=O)[C@H]2CS(=O)(=O)C[C@@H]2NCC(c2ccc(F)cc2)N2CCCC2)ccc1F. The number of sulfone groups is 2. The zero-order chi connectivity index (χ0) is 23.8. The molecule has 2 heterocycles. The molecule has 2 aliphatic rings. The van der Waals surface area contributed by atoms with E-state index in [0.29, 0.717) is 6.54 Å². The van der Waals surface area contributed by atoms with Gasteiger partial charge in [-0.15, -0.1) is 0 Å². The van der Waals surface area contributed by atoms with Gasteiger partial charge in [-0.1, -0.05) is 12.1 Å². The van der Waals surface area contributed by atoms with Gasteiger partial charge >= 0.3 is 0 Å². The van der Waals surface area contributed by atoms with E-state index in [2.05, 4.69) is 10.2 Å². The Labute approximate surface area is 193 Å². The summed E-state index contributed by atoms with van der Waals surface area (Å²) < 4.78 is 78.7. The molecule has 2 saturated heterocycles. The summed E-state index contributed by atoms with van der Waals surface area (Å²) in [5.74, 6) is -1.62. The van der Waals surface area contributed by atoms with Crippen molar-refractivity contribution in [3.05, 3.63) is 65.2 Å². The Bertz CT molecular complexity index is 1210. The third-order valence-corrected chi connectivity index (χ3v) is 10.7. The van der Waals surface area contributed by atoms with E-state index in [9.17, 15) is 25.6 Å². The first-order valence-corrected chi connectivity index (χ1v) is 14.4. The summed E-state index contributed by atoms with van der Waals surface area (Å²) in [4.78, 5) is 2.17. The first kappa shape index (κ1) is 24.3. The van der Waals surface area contributed by atoms with E-state index in [0.717, 1.165) is 37.6 Å². The topological polar surface area (TPSA) is 83.5 Å². The molecule has 1 unspecified atom stereocenters. The second-order valence-electron chi connectivity index (χ2n) is 8.90. The zero-order valence-electron chi connectivity index (χ0n) is 18.4. The maximum Gasteiger partial charge on any atom is 0.183 e. The normalized spacial score (nSPS) is 24.2. The molecule has 0 amide bonds. The van der Waals surface area contributed by atoms with Crippen molar-refractivity contribution >= 4 is 19.7 Å². The smallest absolute Gasteiger partial charge is 0.183 e. The molecule has 0 radical (unpaired) electrons. The molecule has 0 saturated carbocycles. The maximum atomic E-state index is 13.7. The Morgan fingerprint density at radius 1 is 1.06 bits per heavy atom. The van der Waals surface area contributed by atoms with Gasteiger partial charge in [-0.3, -0.25) is 4.90 Å². The Morgan fingerprint density at radius 3 is 2.36 bits per heavy atom. The van der Waals surface area contributed by atoms with E-state index in [-0.39, 0.29) is 28.1 Å². The van der Waals surface area contributed by atoms with E-state index in [4.69, 9.17) is 0 Å². The van der Waals surface area contributed by atoms with Gasteiger partial charge in [0.05, 0.1) is 21.7 Å². The molecular formula is C23H28F2N2O4S2. The van der Waals surface area contributed by atoms with E-state index in [1.807, 2.05) is 0 Å². The molecule has 180 valence electrons. The van der Waals surface area contributed by atoms with Gasteiger partial charge in [0.1, 0.15) is 11.6 Å². The lowest BCUT2D eigenvalue weighted by Crippen LogP contribution is -2.46. The summed E-state index contributed by atoms with van der Waals surface area (Å²) in [6.07, 6.45) is 2.08. The molecule has 2 aromatic rings. The number of halogens is 2. The minimum atomic E-state index is -4.01. The Kier molecular flexibility index (Phi) is 6.91. The first-order valence-electron chi connectivity index (χ1n) is 11.0. The van der Waals surface area contributed by atoms with Crippen LogP contribution in [0.25, 0.3) is 0 Å². The van der Waals surface area contributed by atoms with Crippen LogP contribution in [0.4, 0.5) is 8.78 Å². The second-order valence-corrected chi connectivity index (χ2v) is 13.2. The highest BCUT2D eigenvalue weighted by atomic mass is 32.2. The Hall–Kier alpha value is -1.88. The largest absolute Gasteiger partial charge is 0.310 e. The first-order chi connectivity index (χ1) is 15.6. The summed E-state index contributed by atoms with van der Waals surface area (Å²) in [6.45, 7) is 3.53. The van der Waals surface area contributed by atoms with Crippen molar-refractivity contribution in [2.75, 3.05) is 31.1 Å². The van der Waals surface area contributed by atoms with Crippen LogP contribution in [-0.2, 0) is 19.7 Å². The van der Waals surface area contributed by atoms with Crippen molar-refractivity contribution in [1.29, 1.82) is 0 Å². The average Bonchev–Trinajstić information content (AvgIpc) is 3.39. The molecule has 3 atom stereocenters. The van der Waals surface area contributed by atoms with Crippen molar-refractivity contribution < 1.29 is 25.6 Å². The molecule has 4 rings (SSSR count). The van der Waals surface area contributed by atoms with Gasteiger partial charge in [-0.05, 0) is 74.3 Å². The summed E-state index contributed by atoms with van der Waals surface area (Å²) in [5.41, 5.74) is 1.08. The number of nitrogens with zero attached hydrogens (tertiary/aromatic N) is 1. The third-order valence-electron chi connectivity index (χ3n) is 6.57. The summed E-state index contributed by atoms with van der Waals surface area (Å²) >= 11 is 0. The van der Waals surface area contributed by atoms with Crippen LogP contribution in [0, 0.1) is 18.6 Å². The summed E-state index contributed by atoms with van der Waals surface area (Å²) in [5, 5.41) is 2.04. The van der Waals surface area contributed by atoms with Crippen LogP contribution in [0.1, 0.15) is 30.0 Å². The highest BCUT2D eigenvalue weighted by Crippen LogP contribution is 2.29. The standard InChI is InChI=1S/C23H28F2N2O4S2/c1-16-12-19(8-9-20(16)25)33(30,31)23-15-32(28,29)14-21(23)26-13-22(27-10-2-3-11-27)17-4-6-18(24)7-5-17/h4-9,12,21-23,26H,2-3,10-11,13-15H2,1H3/t21-,22?,23-/m0/s1. The van der Waals surface area contributed by atoms with Gasteiger partial charge < -0.3 is 5.32 Å². The number of benzene rings is 2. The molecule has 33 heavy (non-hydrogen) atoms. The summed E-state index contributed by atoms with van der Waals surface area (Å²) in [7, 11) is -7.58. The van der Waals surface area contributed by atoms with Gasteiger partial charge in [0.15, 0.2) is 19.7 Å². The highest BCUT2D eigenvalue weighted by molar-refractivity contribution is 7.96. The van der Waals surface area contributed by atoms with Gasteiger partial charge in [-0.2, -0.15) is 0 Å². The van der Waals surface area contributed by atoms with Crippen LogP contribution in [0.3, 0.4) is 0 Å². The fraction of sp³-hybridized carbons (Fsp3) is 0.478. The van der Waals surface area contributed by atoms with Gasteiger partial charge in [0.25, 0.3) is 0 Å². The fourth-order valence-corrected chi connectivity index (χ4v) is 9.54. The molecule has 0 spiro atoms. The second kappa shape index (κ2) is 9.40. The van der Waals surface area contributed by atoms with Crippen LogP contribution < -0.4 is 5.32 Å². The van der Waals surface area contributed by atoms with Gasteiger partial charge in [0.2, 0.25) is 0 Å². The van der Waals surface area contributed by atoms with Crippen LogP contribution in [0.15, 0.2) is 47.4 Å². The predicted octanol–water partition coefficient (Wildman–Crippen LogP) is 2.64. The van der Waals surface area contributed by atoms with Crippen molar-refractivity contribution in [3.63, 3.8) is 0 Å². The number of nitrogens with one attached hydrogen (secondary N) is 1. The average molecular weight is 499 g/mol. The molecule has 6 nitrogen and oxygen atoms in total. The minimum absolute atomic E-state index is 0.0788. The van der Waals surface area contributed by atoms with Crippen molar-refractivity contribution in [2.24, 2.45) is 0 Å². The molecular weight excluding hydrogens is 470 g/mol. The number of rotatable bonds is 7. The quantitative estimate of drug-likeness (QED) is 0.591. The molecule has 2 aliphatic heterocycles. The highest BCUT2D eigenvalue weighted by Gasteiger charge is 2.46. The molecule has 0 bridgehead atoms. The molecule has 1 N–H and O–H groups in total. The van der Waals surface area contributed by atoms with Crippen molar-refractivity contribution in [1.82, 2.24) is 10.2 Å². The van der Waals surface area contributed by atoms with E-state index in [1.54, 1.807) is 12.1 Å². The lowest BCUT2D eigenvalue weighted by atomic mass is 10.0. The molecule has 0 aliphatic carbocycles. The number of hydrogen-bond acceptors (Lipinski definition) is 6. The minimum Gasteiger partial charge on any atom is -0.310 e. The lowest BCUT2D eigenvalue weighted by molar-refractivity contribution is 0.234. The van der Waals surface area contributed by atoms with Gasteiger partial charge in [-0.25, -0.2) is 25.6 Å². The maximum absolute atomic E-state index is 13.7. The van der Waals surface area contributed by atoms with Crippen LogP contribution in [-0.4, -0.2) is 64.2 Å². The fourth-order valence-electron chi connectivity index (χ4n) is 4.74. The van der Waals surface area contributed by atoms with Crippen LogP contribution >= 0.6 is 0 Å². The van der Waals surface area contributed by atoms with E-state index >= 15 is 0 Å². The van der Waals surface area contributed by atoms with Crippen molar-refractivity contribution in [2.45, 2.75) is 42.0 Å². The molecule has 10 heteroatoms. The monoisotopic (exact) mass is 498 g/mol. The number of likely N-dealkylation sites (tertiary alicyclic amines) is 1. The Balaban J connectivity index is 1.59. The van der Waals surface area contributed by atoms with Crippen LogP contribution in [0.2, 0.25) is 0 Å². The molecule has 2 aromatic carbocycles. The Morgan fingerprint density at radius 2 is 1.73 bits per heavy atom. The zero-order valence-corrected chi connectivity index (χ0v) is 20.0. The molecule has 0 aromatic heterocycles. The van der Waals surface area contributed by atoms with E-state index in [1.165, 1.54) is 31.2 Å². The van der Waals surface area contributed by atoms with Crippen LogP contribution in [0.5, 0.6) is 0 Å². The lowest BCUT2D eigenvalue weighted by Gasteiger charge is -2.30. The molecule has 2 fully saturated rings.